The van der Waals surface area contributed by atoms with E-state index in [0.29, 0.717) is 5.56 Å². The number of fused-ring (bicyclic) bond motifs is 1. The number of ether oxygens (including phenoxy) is 2. The van der Waals surface area contributed by atoms with Crippen LogP contribution in [0.15, 0.2) is 54.0 Å². The van der Waals surface area contributed by atoms with E-state index in [2.05, 4.69) is 30.2 Å². The van der Waals surface area contributed by atoms with Gasteiger partial charge < -0.3 is 14.4 Å². The highest BCUT2D eigenvalue weighted by molar-refractivity contribution is 7.14. The second-order valence-corrected chi connectivity index (χ2v) is 9.11. The first-order valence-electron chi connectivity index (χ1n) is 10.9. The van der Waals surface area contributed by atoms with Crippen molar-refractivity contribution in [3.05, 3.63) is 59.6 Å². The largest absolute Gasteiger partial charge is 0.495 e. The Labute approximate surface area is 197 Å². The molecule has 2 aromatic heterocycles. The van der Waals surface area contributed by atoms with Gasteiger partial charge in [-0.1, -0.05) is 24.3 Å². The van der Waals surface area contributed by atoms with Crippen LogP contribution in [0.3, 0.4) is 0 Å². The van der Waals surface area contributed by atoms with Crippen molar-refractivity contribution in [3.8, 4) is 34.2 Å². The fraction of sp³-hybridized carbons (Fsp3) is 0.269. The maximum Gasteiger partial charge on any atom is 0.186 e. The number of thiazole rings is 1. The first kappa shape index (κ1) is 21.4. The minimum absolute atomic E-state index is 0.179. The number of nitriles is 1. The van der Waals surface area contributed by atoms with Crippen LogP contribution in [0, 0.1) is 11.3 Å². The van der Waals surface area contributed by atoms with Crippen molar-refractivity contribution < 1.29 is 9.47 Å². The topological polar surface area (TPSA) is 71.3 Å². The lowest BCUT2D eigenvalue weighted by Gasteiger charge is -2.35. The molecule has 1 aliphatic rings. The zero-order valence-electron chi connectivity index (χ0n) is 18.8. The maximum absolute atomic E-state index is 9.10. The third-order valence-electron chi connectivity index (χ3n) is 5.84. The summed E-state index contributed by atoms with van der Waals surface area (Å²) in [5, 5.41) is 13.1. The van der Waals surface area contributed by atoms with Crippen LogP contribution in [0.1, 0.15) is 19.4 Å². The van der Waals surface area contributed by atoms with Gasteiger partial charge in [0, 0.05) is 35.6 Å². The smallest absolute Gasteiger partial charge is 0.186 e. The molecule has 0 bridgehead atoms. The molecule has 166 valence electrons. The first-order chi connectivity index (χ1) is 16.1. The molecular weight excluding hydrogens is 432 g/mol. The van der Waals surface area contributed by atoms with Crippen LogP contribution in [-0.2, 0) is 4.74 Å². The van der Waals surface area contributed by atoms with E-state index in [1.807, 2.05) is 48.7 Å². The Morgan fingerprint density at radius 3 is 2.55 bits per heavy atom. The standard InChI is InChI=1S/C26H24N4O2S/c1-16-13-30(14-17(2)32-16)26-29-23(15-33-26)22-12-28-24-20(5-4-6-21(24)25(22)31-3)19-9-7-18(11-27)8-10-19/h4-10,12,15-17H,13-14H2,1-3H3. The van der Waals surface area contributed by atoms with Crippen LogP contribution in [0.25, 0.3) is 33.3 Å². The maximum atomic E-state index is 9.10. The van der Waals surface area contributed by atoms with E-state index in [0.717, 1.165) is 57.3 Å². The Morgan fingerprint density at radius 1 is 1.09 bits per heavy atom. The number of methoxy groups -OCH3 is 1. The van der Waals surface area contributed by atoms with Gasteiger partial charge in [0.2, 0.25) is 0 Å². The number of morpholine rings is 1. The molecule has 5 rings (SSSR count). The molecule has 2 aromatic carbocycles. The minimum atomic E-state index is 0.179. The van der Waals surface area contributed by atoms with Gasteiger partial charge in [-0.25, -0.2) is 4.98 Å². The molecule has 0 spiro atoms. The van der Waals surface area contributed by atoms with Gasteiger partial charge in [0.15, 0.2) is 5.13 Å². The summed E-state index contributed by atoms with van der Waals surface area (Å²) < 4.78 is 11.7. The van der Waals surface area contributed by atoms with Crippen LogP contribution >= 0.6 is 11.3 Å². The Kier molecular flexibility index (Phi) is 5.71. The molecule has 2 unspecified atom stereocenters. The average Bonchev–Trinajstić information content (AvgIpc) is 3.32. The number of rotatable bonds is 4. The van der Waals surface area contributed by atoms with Crippen LogP contribution < -0.4 is 9.64 Å². The lowest BCUT2D eigenvalue weighted by atomic mass is 9.99. The van der Waals surface area contributed by atoms with Crippen LogP contribution in [-0.4, -0.2) is 42.4 Å². The number of hydrogen-bond acceptors (Lipinski definition) is 7. The molecule has 0 amide bonds. The van der Waals surface area contributed by atoms with E-state index >= 15 is 0 Å². The van der Waals surface area contributed by atoms with Crippen molar-refractivity contribution in [2.45, 2.75) is 26.1 Å². The lowest BCUT2D eigenvalue weighted by molar-refractivity contribution is -0.00522. The van der Waals surface area contributed by atoms with E-state index < -0.39 is 0 Å². The second-order valence-electron chi connectivity index (χ2n) is 8.27. The lowest BCUT2D eigenvalue weighted by Crippen LogP contribution is -2.45. The fourth-order valence-electron chi connectivity index (χ4n) is 4.43. The summed E-state index contributed by atoms with van der Waals surface area (Å²) in [7, 11) is 1.69. The quantitative estimate of drug-likeness (QED) is 0.403. The SMILES string of the molecule is COc1c(-c2csc(N3CC(C)OC(C)C3)n2)cnc2c(-c3ccc(C#N)cc3)cccc12. The predicted molar refractivity (Wildman–Crippen MR) is 132 cm³/mol. The number of anilines is 1. The third kappa shape index (κ3) is 4.04. The Balaban J connectivity index is 1.55. The summed E-state index contributed by atoms with van der Waals surface area (Å²) >= 11 is 1.63. The van der Waals surface area contributed by atoms with Crippen LogP contribution in [0.4, 0.5) is 5.13 Å². The molecule has 4 aromatic rings. The summed E-state index contributed by atoms with van der Waals surface area (Å²) in [6, 6.07) is 15.8. The van der Waals surface area contributed by atoms with Gasteiger partial charge in [0.1, 0.15) is 5.75 Å². The van der Waals surface area contributed by atoms with E-state index in [1.54, 1.807) is 18.4 Å². The van der Waals surface area contributed by atoms with E-state index in [4.69, 9.17) is 24.7 Å². The Bertz CT molecular complexity index is 1330. The number of aromatic nitrogens is 2. The van der Waals surface area contributed by atoms with Gasteiger partial charge in [-0.3, -0.25) is 4.98 Å². The number of benzene rings is 2. The van der Waals surface area contributed by atoms with Gasteiger partial charge in [0.25, 0.3) is 0 Å². The molecule has 3 heterocycles. The molecule has 1 saturated heterocycles. The van der Waals surface area contributed by atoms with Gasteiger partial charge >= 0.3 is 0 Å². The van der Waals surface area contributed by atoms with E-state index in [1.165, 1.54) is 0 Å². The normalized spacial score (nSPS) is 18.3. The van der Waals surface area contributed by atoms with Crippen LogP contribution in [0.5, 0.6) is 5.75 Å². The molecule has 1 fully saturated rings. The highest BCUT2D eigenvalue weighted by Gasteiger charge is 2.25. The van der Waals surface area contributed by atoms with Gasteiger partial charge in [-0.2, -0.15) is 5.26 Å². The molecule has 2 atom stereocenters. The van der Waals surface area contributed by atoms with Gasteiger partial charge in [-0.05, 0) is 37.6 Å². The van der Waals surface area contributed by atoms with Crippen molar-refractivity contribution in [1.82, 2.24) is 9.97 Å². The Morgan fingerprint density at radius 2 is 1.85 bits per heavy atom. The van der Waals surface area contributed by atoms with Gasteiger partial charge in [0.05, 0.1) is 47.7 Å². The van der Waals surface area contributed by atoms with Crippen molar-refractivity contribution in [3.63, 3.8) is 0 Å². The molecule has 7 heteroatoms. The summed E-state index contributed by atoms with van der Waals surface area (Å²) in [5.74, 6) is 0.760. The molecule has 6 nitrogen and oxygen atoms in total. The molecule has 1 aliphatic heterocycles. The van der Waals surface area contributed by atoms with Crippen molar-refractivity contribution in [1.29, 1.82) is 5.26 Å². The summed E-state index contributed by atoms with van der Waals surface area (Å²) in [4.78, 5) is 12.0. The number of pyridine rings is 1. The molecule has 0 aliphatic carbocycles. The molecule has 0 N–H and O–H groups in total. The van der Waals surface area contributed by atoms with Gasteiger partial charge in [-0.15, -0.1) is 11.3 Å². The van der Waals surface area contributed by atoms with Crippen molar-refractivity contribution in [2.24, 2.45) is 0 Å². The third-order valence-corrected chi connectivity index (χ3v) is 6.74. The summed E-state index contributed by atoms with van der Waals surface area (Å²) in [5.41, 5.74) is 5.23. The summed E-state index contributed by atoms with van der Waals surface area (Å²) in [6.07, 6.45) is 2.20. The molecular formula is C26H24N4O2S. The highest BCUT2D eigenvalue weighted by Crippen LogP contribution is 2.40. The zero-order chi connectivity index (χ0) is 22.9. The highest BCUT2D eigenvalue weighted by atomic mass is 32.1. The molecule has 0 saturated carbocycles. The zero-order valence-corrected chi connectivity index (χ0v) is 19.6. The minimum Gasteiger partial charge on any atom is -0.495 e. The Hall–Kier alpha value is -3.47. The van der Waals surface area contributed by atoms with E-state index in [-0.39, 0.29) is 12.2 Å². The molecule has 0 radical (unpaired) electrons. The fourth-order valence-corrected chi connectivity index (χ4v) is 5.27. The predicted octanol–water partition coefficient (Wildman–Crippen LogP) is 5.52. The number of para-hydroxylation sites is 1. The number of hydrogen-bond donors (Lipinski definition) is 0. The van der Waals surface area contributed by atoms with Crippen molar-refractivity contribution >= 4 is 27.4 Å². The summed E-state index contributed by atoms with van der Waals surface area (Å²) in [6.45, 7) is 5.86. The monoisotopic (exact) mass is 456 g/mol. The van der Waals surface area contributed by atoms with Crippen molar-refractivity contribution in [2.75, 3.05) is 25.1 Å². The second kappa shape index (κ2) is 8.81. The number of nitrogens with zero attached hydrogens (tertiary/aromatic N) is 4. The van der Waals surface area contributed by atoms with Crippen LogP contribution in [0.2, 0.25) is 0 Å². The molecule has 33 heavy (non-hydrogen) atoms. The first-order valence-corrected chi connectivity index (χ1v) is 11.8. The average molecular weight is 457 g/mol. The van der Waals surface area contributed by atoms with E-state index in [9.17, 15) is 0 Å².